The molecule has 0 radical (unpaired) electrons. The number of amides is 1. The maximum atomic E-state index is 12.3. The highest BCUT2D eigenvalue weighted by Gasteiger charge is 2.35. The molecule has 0 spiro atoms. The van der Waals surface area contributed by atoms with Gasteiger partial charge in [-0.1, -0.05) is 5.21 Å². The molecule has 0 atom stereocenters. The zero-order valence-electron chi connectivity index (χ0n) is 13.3. The van der Waals surface area contributed by atoms with Gasteiger partial charge in [-0.25, -0.2) is 19.6 Å². The first-order chi connectivity index (χ1) is 11.7. The van der Waals surface area contributed by atoms with Gasteiger partial charge in [0, 0.05) is 30.7 Å². The number of rotatable bonds is 4. The molecule has 0 unspecified atom stereocenters. The van der Waals surface area contributed by atoms with Crippen molar-refractivity contribution in [2.24, 2.45) is 5.92 Å². The highest BCUT2D eigenvalue weighted by atomic mass is 32.1. The van der Waals surface area contributed by atoms with Crippen molar-refractivity contribution in [3.05, 3.63) is 17.4 Å². The summed E-state index contributed by atoms with van der Waals surface area (Å²) in [5.41, 5.74) is 1.39. The lowest BCUT2D eigenvalue weighted by atomic mass is 9.99. The minimum absolute atomic E-state index is 0.0110. The van der Waals surface area contributed by atoms with Crippen LogP contribution in [0.4, 0.5) is 10.9 Å². The van der Waals surface area contributed by atoms with E-state index in [1.54, 1.807) is 10.9 Å². The van der Waals surface area contributed by atoms with Gasteiger partial charge in [0.25, 0.3) is 0 Å². The number of hydrogen-bond donors (Lipinski definition) is 1. The number of carbonyl (C=O) groups excluding carboxylic acids is 1. The summed E-state index contributed by atoms with van der Waals surface area (Å²) < 4.78 is 1.73. The SMILES string of the molecule is CCn1nnc2c(N3CC(C(=O)Nc4ncc(C)s4)C3)ncnc21. The minimum atomic E-state index is -0.0829. The third kappa shape index (κ3) is 2.48. The molecule has 1 saturated heterocycles. The van der Waals surface area contributed by atoms with Crippen molar-refractivity contribution in [1.29, 1.82) is 0 Å². The maximum Gasteiger partial charge on any atom is 0.232 e. The fourth-order valence-corrected chi connectivity index (χ4v) is 3.33. The summed E-state index contributed by atoms with van der Waals surface area (Å²) in [7, 11) is 0. The topological polar surface area (TPSA) is 102 Å². The van der Waals surface area contributed by atoms with Crippen LogP contribution in [0, 0.1) is 12.8 Å². The van der Waals surface area contributed by atoms with Crippen LogP contribution in [-0.2, 0) is 11.3 Å². The Morgan fingerprint density at radius 2 is 2.21 bits per heavy atom. The fourth-order valence-electron chi connectivity index (χ4n) is 2.66. The lowest BCUT2D eigenvalue weighted by molar-refractivity contribution is -0.120. The summed E-state index contributed by atoms with van der Waals surface area (Å²) in [5.74, 6) is 0.636. The maximum absolute atomic E-state index is 12.3. The third-order valence-electron chi connectivity index (χ3n) is 3.98. The van der Waals surface area contributed by atoms with Gasteiger partial charge >= 0.3 is 0 Å². The standard InChI is InChI=1S/C14H16N8OS/c1-3-22-12-10(19-20-22)11(16-7-17-12)21-5-9(6-21)13(23)18-14-15-4-8(2)24-14/h4,7,9H,3,5-6H2,1-2H3,(H,15,18,23). The van der Waals surface area contributed by atoms with Crippen molar-refractivity contribution in [3.63, 3.8) is 0 Å². The predicted molar refractivity (Wildman–Crippen MR) is 90.0 cm³/mol. The molecule has 3 aromatic heterocycles. The Morgan fingerprint density at radius 3 is 2.92 bits per heavy atom. The monoisotopic (exact) mass is 344 g/mol. The van der Waals surface area contributed by atoms with Gasteiger partial charge in [-0.05, 0) is 13.8 Å². The second-order valence-corrected chi connectivity index (χ2v) is 6.88. The molecule has 1 aliphatic rings. The molecule has 10 heteroatoms. The van der Waals surface area contributed by atoms with E-state index in [9.17, 15) is 4.79 Å². The van der Waals surface area contributed by atoms with Crippen molar-refractivity contribution in [3.8, 4) is 0 Å². The lowest BCUT2D eigenvalue weighted by Gasteiger charge is -2.38. The molecule has 24 heavy (non-hydrogen) atoms. The van der Waals surface area contributed by atoms with E-state index in [4.69, 9.17) is 0 Å². The molecule has 0 saturated carbocycles. The first-order valence-electron chi connectivity index (χ1n) is 7.68. The van der Waals surface area contributed by atoms with Crippen LogP contribution in [0.15, 0.2) is 12.5 Å². The number of fused-ring (bicyclic) bond motifs is 1. The van der Waals surface area contributed by atoms with Crippen molar-refractivity contribution in [1.82, 2.24) is 29.9 Å². The lowest BCUT2D eigenvalue weighted by Crippen LogP contribution is -2.52. The predicted octanol–water partition coefficient (Wildman–Crippen LogP) is 1.08. The number of nitrogens with zero attached hydrogens (tertiary/aromatic N) is 7. The van der Waals surface area contributed by atoms with Gasteiger partial charge in [0.2, 0.25) is 5.91 Å². The average Bonchev–Trinajstić information content (AvgIpc) is 3.12. The van der Waals surface area contributed by atoms with Gasteiger partial charge in [-0.3, -0.25) is 4.79 Å². The molecule has 9 nitrogen and oxygen atoms in total. The summed E-state index contributed by atoms with van der Waals surface area (Å²) in [5, 5.41) is 11.8. The molecule has 1 fully saturated rings. The molecule has 1 amide bonds. The van der Waals surface area contributed by atoms with Crippen molar-refractivity contribution in [2.75, 3.05) is 23.3 Å². The minimum Gasteiger partial charge on any atom is -0.353 e. The summed E-state index contributed by atoms with van der Waals surface area (Å²) in [6, 6.07) is 0. The first kappa shape index (κ1) is 14.9. The zero-order chi connectivity index (χ0) is 16.7. The van der Waals surface area contributed by atoms with Crippen LogP contribution in [0.1, 0.15) is 11.8 Å². The molecule has 0 bridgehead atoms. The normalized spacial score (nSPS) is 14.8. The largest absolute Gasteiger partial charge is 0.353 e. The molecule has 124 valence electrons. The fraction of sp³-hybridized carbons (Fsp3) is 0.429. The molecule has 4 rings (SSSR count). The van der Waals surface area contributed by atoms with Crippen LogP contribution >= 0.6 is 11.3 Å². The summed E-state index contributed by atoms with van der Waals surface area (Å²) in [6.07, 6.45) is 3.26. The van der Waals surface area contributed by atoms with Crippen LogP contribution in [0.25, 0.3) is 11.2 Å². The zero-order valence-corrected chi connectivity index (χ0v) is 14.1. The average molecular weight is 344 g/mol. The Hall–Kier alpha value is -2.62. The molecule has 1 N–H and O–H groups in total. The number of aryl methyl sites for hydroxylation is 2. The van der Waals surface area contributed by atoms with E-state index in [2.05, 4.69) is 30.6 Å². The van der Waals surface area contributed by atoms with Gasteiger partial charge < -0.3 is 10.2 Å². The number of anilines is 2. The van der Waals surface area contributed by atoms with Gasteiger partial charge in [0.15, 0.2) is 22.1 Å². The highest BCUT2D eigenvalue weighted by Crippen LogP contribution is 2.28. The van der Waals surface area contributed by atoms with E-state index >= 15 is 0 Å². The summed E-state index contributed by atoms with van der Waals surface area (Å²) in [4.78, 5) is 28.1. The Kier molecular flexibility index (Phi) is 3.60. The molecule has 3 aromatic rings. The van der Waals surface area contributed by atoms with E-state index in [0.29, 0.717) is 35.9 Å². The third-order valence-corrected chi connectivity index (χ3v) is 4.81. The Bertz CT molecular complexity index is 897. The summed E-state index contributed by atoms with van der Waals surface area (Å²) in [6.45, 7) is 5.84. The van der Waals surface area contributed by atoms with Gasteiger partial charge in [0.05, 0.1) is 5.92 Å². The van der Waals surface area contributed by atoms with Crippen molar-refractivity contribution < 1.29 is 4.79 Å². The van der Waals surface area contributed by atoms with Crippen LogP contribution < -0.4 is 10.2 Å². The first-order valence-corrected chi connectivity index (χ1v) is 8.49. The summed E-state index contributed by atoms with van der Waals surface area (Å²) >= 11 is 1.47. The van der Waals surface area contributed by atoms with Crippen molar-refractivity contribution in [2.45, 2.75) is 20.4 Å². The van der Waals surface area contributed by atoms with Crippen molar-refractivity contribution >= 4 is 39.4 Å². The molecular formula is C14H16N8OS. The molecule has 0 aliphatic carbocycles. The number of thiazole rings is 1. The van der Waals surface area contributed by atoms with E-state index in [1.807, 2.05) is 18.7 Å². The van der Waals surface area contributed by atoms with Gasteiger partial charge in [-0.15, -0.1) is 16.4 Å². The quantitative estimate of drug-likeness (QED) is 0.755. The number of nitrogens with one attached hydrogen (secondary N) is 1. The molecule has 4 heterocycles. The van der Waals surface area contributed by atoms with E-state index in [1.165, 1.54) is 17.7 Å². The molecule has 1 aliphatic heterocycles. The number of aromatic nitrogens is 6. The highest BCUT2D eigenvalue weighted by molar-refractivity contribution is 7.15. The second kappa shape index (κ2) is 5.78. The smallest absolute Gasteiger partial charge is 0.232 e. The number of hydrogen-bond acceptors (Lipinski definition) is 8. The molecular weight excluding hydrogens is 328 g/mol. The Morgan fingerprint density at radius 1 is 1.38 bits per heavy atom. The van der Waals surface area contributed by atoms with Crippen LogP contribution in [0.2, 0.25) is 0 Å². The van der Waals surface area contributed by atoms with E-state index in [0.717, 1.165) is 10.7 Å². The van der Waals surface area contributed by atoms with Crippen LogP contribution in [0.3, 0.4) is 0 Å². The molecule has 0 aromatic carbocycles. The van der Waals surface area contributed by atoms with E-state index < -0.39 is 0 Å². The Labute approximate surface area is 141 Å². The van der Waals surface area contributed by atoms with Gasteiger partial charge in [-0.2, -0.15) is 0 Å². The van der Waals surface area contributed by atoms with E-state index in [-0.39, 0.29) is 11.8 Å². The van der Waals surface area contributed by atoms with Gasteiger partial charge in [0.1, 0.15) is 6.33 Å². The van der Waals surface area contributed by atoms with Crippen LogP contribution in [-0.4, -0.2) is 48.9 Å². The Balaban J connectivity index is 1.46. The second-order valence-electron chi connectivity index (χ2n) is 5.64. The van der Waals surface area contributed by atoms with Crippen LogP contribution in [0.5, 0.6) is 0 Å². The number of carbonyl (C=O) groups is 1.